The minimum atomic E-state index is -4.15. The van der Waals surface area contributed by atoms with Crippen LogP contribution in [0.2, 0.25) is 0 Å². The van der Waals surface area contributed by atoms with Crippen LogP contribution in [0, 0.1) is 0 Å². The maximum atomic E-state index is 12.3. The molecule has 2 rings (SSSR count). The molecule has 0 atom stereocenters. The molecule has 1 aromatic rings. The van der Waals surface area contributed by atoms with Gasteiger partial charge in [0, 0.05) is 39.8 Å². The SMILES string of the molecule is CN=C(NCCCN(C)CC(F)(F)F)N1CCN(c2ccccc2OC)CC1.I. The number of piperazine rings is 1. The molecular formula is C19H31F3IN5O. The van der Waals surface area contributed by atoms with Crippen molar-refractivity contribution in [1.82, 2.24) is 15.1 Å². The molecule has 10 heteroatoms. The fourth-order valence-electron chi connectivity index (χ4n) is 3.32. The summed E-state index contributed by atoms with van der Waals surface area (Å²) in [5.41, 5.74) is 1.08. The molecule has 0 aliphatic carbocycles. The molecule has 0 spiro atoms. The Morgan fingerprint density at radius 1 is 1.21 bits per heavy atom. The number of nitrogens with one attached hydrogen (secondary N) is 1. The first kappa shape index (κ1) is 25.6. The summed E-state index contributed by atoms with van der Waals surface area (Å²) in [6, 6.07) is 7.97. The topological polar surface area (TPSA) is 43.3 Å². The molecule has 1 N–H and O–H groups in total. The number of methoxy groups -OCH3 is 1. The van der Waals surface area contributed by atoms with Gasteiger partial charge in [0.1, 0.15) is 5.75 Å². The Morgan fingerprint density at radius 2 is 1.86 bits per heavy atom. The standard InChI is InChI=1S/C19H30F3N5O.HI/c1-23-18(24-9-6-10-25(2)15-19(20,21)22)27-13-11-26(12-14-27)16-7-4-5-8-17(16)28-3;/h4-5,7-8H,6,9-15H2,1-3H3,(H,23,24);1H. The van der Waals surface area contributed by atoms with Crippen molar-refractivity contribution in [3.05, 3.63) is 24.3 Å². The average Bonchev–Trinajstić information content (AvgIpc) is 2.67. The van der Waals surface area contributed by atoms with E-state index in [1.807, 2.05) is 18.2 Å². The summed E-state index contributed by atoms with van der Waals surface area (Å²) < 4.78 is 42.5. The van der Waals surface area contributed by atoms with Crippen LogP contribution in [-0.4, -0.2) is 89.0 Å². The summed E-state index contributed by atoms with van der Waals surface area (Å²) >= 11 is 0. The zero-order chi connectivity index (χ0) is 20.6. The van der Waals surface area contributed by atoms with Crippen LogP contribution in [0.3, 0.4) is 0 Å². The first-order valence-electron chi connectivity index (χ1n) is 9.43. The van der Waals surface area contributed by atoms with Crippen LogP contribution in [0.25, 0.3) is 0 Å². The fraction of sp³-hybridized carbons (Fsp3) is 0.632. The van der Waals surface area contributed by atoms with Gasteiger partial charge in [0.05, 0.1) is 19.3 Å². The number of hydrogen-bond donors (Lipinski definition) is 1. The number of guanidine groups is 1. The second kappa shape index (κ2) is 12.3. The third-order valence-corrected chi connectivity index (χ3v) is 4.67. The van der Waals surface area contributed by atoms with Gasteiger partial charge in [-0.25, -0.2) is 0 Å². The van der Waals surface area contributed by atoms with Crippen LogP contribution in [0.1, 0.15) is 6.42 Å². The molecule has 0 saturated carbocycles. The predicted molar refractivity (Wildman–Crippen MR) is 122 cm³/mol. The summed E-state index contributed by atoms with van der Waals surface area (Å²) in [5, 5.41) is 3.26. The molecule has 0 amide bonds. The predicted octanol–water partition coefficient (Wildman–Crippen LogP) is 2.89. The Hall–Kier alpha value is -1.43. The highest BCUT2D eigenvalue weighted by molar-refractivity contribution is 14.0. The van der Waals surface area contributed by atoms with Gasteiger partial charge in [0.15, 0.2) is 5.96 Å². The lowest BCUT2D eigenvalue weighted by molar-refractivity contribution is -0.143. The molecule has 0 radical (unpaired) electrons. The smallest absolute Gasteiger partial charge is 0.401 e. The highest BCUT2D eigenvalue weighted by atomic mass is 127. The number of ether oxygens (including phenoxy) is 1. The van der Waals surface area contributed by atoms with Crippen molar-refractivity contribution in [3.63, 3.8) is 0 Å². The number of alkyl halides is 3. The molecule has 1 aromatic carbocycles. The second-order valence-corrected chi connectivity index (χ2v) is 6.83. The van der Waals surface area contributed by atoms with Gasteiger partial charge in [-0.05, 0) is 32.1 Å². The Kier molecular flexibility index (Phi) is 10.9. The van der Waals surface area contributed by atoms with Crippen LogP contribution < -0.4 is 15.0 Å². The Balaban J connectivity index is 0.00000420. The first-order valence-corrected chi connectivity index (χ1v) is 9.43. The minimum Gasteiger partial charge on any atom is -0.495 e. The largest absolute Gasteiger partial charge is 0.495 e. The number of nitrogens with zero attached hydrogens (tertiary/aromatic N) is 4. The van der Waals surface area contributed by atoms with Crippen LogP contribution in [0.4, 0.5) is 18.9 Å². The summed E-state index contributed by atoms with van der Waals surface area (Å²) in [7, 11) is 4.89. The number of hydrogen-bond acceptors (Lipinski definition) is 4. The van der Waals surface area contributed by atoms with Gasteiger partial charge in [0.25, 0.3) is 0 Å². The molecule has 166 valence electrons. The number of aliphatic imine (C=N–C) groups is 1. The third-order valence-electron chi connectivity index (χ3n) is 4.67. The zero-order valence-electron chi connectivity index (χ0n) is 17.2. The number of anilines is 1. The lowest BCUT2D eigenvalue weighted by atomic mass is 10.2. The maximum absolute atomic E-state index is 12.3. The van der Waals surface area contributed by atoms with Crippen molar-refractivity contribution in [3.8, 4) is 5.75 Å². The highest BCUT2D eigenvalue weighted by Crippen LogP contribution is 2.28. The molecular weight excluding hydrogens is 498 g/mol. The van der Waals surface area contributed by atoms with Crippen molar-refractivity contribution in [2.45, 2.75) is 12.6 Å². The fourth-order valence-corrected chi connectivity index (χ4v) is 3.32. The lowest BCUT2D eigenvalue weighted by Gasteiger charge is -2.38. The number of halogens is 4. The summed E-state index contributed by atoms with van der Waals surface area (Å²) in [6.07, 6.45) is -3.54. The molecule has 1 aliphatic heterocycles. The van der Waals surface area contributed by atoms with Gasteiger partial charge < -0.3 is 19.9 Å². The van der Waals surface area contributed by atoms with E-state index >= 15 is 0 Å². The lowest BCUT2D eigenvalue weighted by Crippen LogP contribution is -2.52. The Bertz CT molecular complexity index is 637. The number of rotatable bonds is 7. The minimum absolute atomic E-state index is 0. The molecule has 1 saturated heterocycles. The van der Waals surface area contributed by atoms with Crippen molar-refractivity contribution in [2.75, 3.05) is 71.9 Å². The van der Waals surface area contributed by atoms with E-state index in [1.165, 1.54) is 11.9 Å². The van der Waals surface area contributed by atoms with Crippen LogP contribution in [0.15, 0.2) is 29.3 Å². The first-order chi connectivity index (χ1) is 13.3. The van der Waals surface area contributed by atoms with E-state index in [2.05, 4.69) is 26.2 Å². The van der Waals surface area contributed by atoms with Crippen LogP contribution in [-0.2, 0) is 0 Å². The van der Waals surface area contributed by atoms with E-state index in [1.54, 1.807) is 14.2 Å². The highest BCUT2D eigenvalue weighted by Gasteiger charge is 2.28. The maximum Gasteiger partial charge on any atom is 0.401 e. The van der Waals surface area contributed by atoms with Crippen molar-refractivity contribution < 1.29 is 17.9 Å². The van der Waals surface area contributed by atoms with E-state index in [4.69, 9.17) is 4.74 Å². The van der Waals surface area contributed by atoms with E-state index < -0.39 is 12.7 Å². The van der Waals surface area contributed by atoms with Gasteiger partial charge in [-0.1, -0.05) is 12.1 Å². The van der Waals surface area contributed by atoms with Gasteiger partial charge in [-0.2, -0.15) is 13.2 Å². The van der Waals surface area contributed by atoms with Crippen molar-refractivity contribution >= 4 is 35.6 Å². The molecule has 0 bridgehead atoms. The van der Waals surface area contributed by atoms with Gasteiger partial charge >= 0.3 is 6.18 Å². The summed E-state index contributed by atoms with van der Waals surface area (Å²) in [6.45, 7) is 3.39. The van der Waals surface area contributed by atoms with E-state index in [0.29, 0.717) is 19.5 Å². The Labute approximate surface area is 188 Å². The molecule has 1 heterocycles. The van der Waals surface area contributed by atoms with Crippen molar-refractivity contribution in [2.24, 2.45) is 4.99 Å². The number of para-hydroxylation sites is 2. The molecule has 6 nitrogen and oxygen atoms in total. The number of benzene rings is 1. The van der Waals surface area contributed by atoms with E-state index in [-0.39, 0.29) is 24.0 Å². The van der Waals surface area contributed by atoms with E-state index in [0.717, 1.165) is 43.6 Å². The molecule has 0 unspecified atom stereocenters. The quantitative estimate of drug-likeness (QED) is 0.255. The molecule has 0 aromatic heterocycles. The summed E-state index contributed by atoms with van der Waals surface area (Å²) in [5.74, 6) is 1.65. The normalized spacial score (nSPS) is 15.3. The van der Waals surface area contributed by atoms with Crippen LogP contribution >= 0.6 is 24.0 Å². The molecule has 29 heavy (non-hydrogen) atoms. The zero-order valence-corrected chi connectivity index (χ0v) is 19.5. The second-order valence-electron chi connectivity index (χ2n) is 6.83. The van der Waals surface area contributed by atoms with Gasteiger partial charge in [-0.3, -0.25) is 9.89 Å². The van der Waals surface area contributed by atoms with Gasteiger partial charge in [0.2, 0.25) is 0 Å². The Morgan fingerprint density at radius 3 is 2.45 bits per heavy atom. The summed E-state index contributed by atoms with van der Waals surface area (Å²) in [4.78, 5) is 10.1. The average molecular weight is 529 g/mol. The molecule has 1 aliphatic rings. The molecule has 1 fully saturated rings. The van der Waals surface area contributed by atoms with Gasteiger partial charge in [-0.15, -0.1) is 24.0 Å². The van der Waals surface area contributed by atoms with Crippen molar-refractivity contribution in [1.29, 1.82) is 0 Å². The van der Waals surface area contributed by atoms with E-state index in [9.17, 15) is 13.2 Å². The van der Waals surface area contributed by atoms with Crippen LogP contribution in [0.5, 0.6) is 5.75 Å². The monoisotopic (exact) mass is 529 g/mol. The third kappa shape index (κ3) is 8.45.